The van der Waals surface area contributed by atoms with E-state index in [9.17, 15) is 5.11 Å². The Morgan fingerprint density at radius 2 is 2.05 bits per heavy atom. The highest BCUT2D eigenvalue weighted by molar-refractivity contribution is 5.85. The van der Waals surface area contributed by atoms with Crippen molar-refractivity contribution in [1.82, 2.24) is 9.55 Å². The highest BCUT2D eigenvalue weighted by Crippen LogP contribution is 2.16. The number of aromatic nitrogens is 2. The van der Waals surface area contributed by atoms with Gasteiger partial charge in [-0.1, -0.05) is 18.2 Å². The van der Waals surface area contributed by atoms with Crippen LogP contribution >= 0.6 is 12.4 Å². The summed E-state index contributed by atoms with van der Waals surface area (Å²) in [7, 11) is 0. The van der Waals surface area contributed by atoms with Crippen molar-refractivity contribution in [2.75, 3.05) is 6.61 Å². The predicted molar refractivity (Wildman–Crippen MR) is 76.9 cm³/mol. The van der Waals surface area contributed by atoms with Crippen molar-refractivity contribution in [1.29, 1.82) is 0 Å². The lowest BCUT2D eigenvalue weighted by molar-refractivity contribution is 0.0916. The Bertz CT molecular complexity index is 514. The summed E-state index contributed by atoms with van der Waals surface area (Å²) in [6, 6.07) is 7.79. The summed E-state index contributed by atoms with van der Waals surface area (Å²) in [6.07, 6.45) is 3.04. The molecule has 0 bridgehead atoms. The van der Waals surface area contributed by atoms with E-state index in [-0.39, 0.29) is 19.0 Å². The van der Waals surface area contributed by atoms with Crippen LogP contribution in [0.1, 0.15) is 11.4 Å². The van der Waals surface area contributed by atoms with Crippen LogP contribution in [0.4, 0.5) is 0 Å². The van der Waals surface area contributed by atoms with E-state index in [1.54, 1.807) is 6.20 Å². The minimum absolute atomic E-state index is 0. The molecule has 19 heavy (non-hydrogen) atoms. The Morgan fingerprint density at radius 3 is 2.68 bits per heavy atom. The molecule has 0 amide bonds. The Kier molecular flexibility index (Phi) is 5.86. The molecule has 5 heteroatoms. The van der Waals surface area contributed by atoms with Gasteiger partial charge in [0.05, 0.1) is 6.54 Å². The van der Waals surface area contributed by atoms with Crippen LogP contribution < -0.4 is 4.74 Å². The van der Waals surface area contributed by atoms with Crippen LogP contribution in [0.5, 0.6) is 5.75 Å². The maximum Gasteiger partial charge on any atom is 0.122 e. The zero-order valence-corrected chi connectivity index (χ0v) is 11.9. The number of aryl methyl sites for hydroxylation is 2. The molecule has 2 rings (SSSR count). The lowest BCUT2D eigenvalue weighted by Crippen LogP contribution is -2.24. The third kappa shape index (κ3) is 4.26. The monoisotopic (exact) mass is 282 g/mol. The Labute approximate surface area is 119 Å². The SMILES string of the molecule is Cc1ccccc1OCC(O)Cn1ccnc1C.Cl. The number of para-hydroxylation sites is 1. The Hall–Kier alpha value is -1.52. The van der Waals surface area contributed by atoms with Crippen LogP contribution in [-0.2, 0) is 6.54 Å². The van der Waals surface area contributed by atoms with Gasteiger partial charge >= 0.3 is 0 Å². The first-order valence-corrected chi connectivity index (χ1v) is 6.01. The average Bonchev–Trinajstić information content (AvgIpc) is 2.74. The second-order valence-electron chi connectivity index (χ2n) is 4.36. The summed E-state index contributed by atoms with van der Waals surface area (Å²) < 4.78 is 7.51. The summed E-state index contributed by atoms with van der Waals surface area (Å²) in [5.41, 5.74) is 1.07. The molecule has 1 heterocycles. The third-order valence-electron chi connectivity index (χ3n) is 2.86. The molecule has 4 nitrogen and oxygen atoms in total. The van der Waals surface area contributed by atoms with Crippen molar-refractivity contribution >= 4 is 12.4 Å². The molecule has 0 saturated heterocycles. The van der Waals surface area contributed by atoms with E-state index in [0.29, 0.717) is 6.54 Å². The van der Waals surface area contributed by atoms with Gasteiger partial charge in [-0.3, -0.25) is 0 Å². The summed E-state index contributed by atoms with van der Waals surface area (Å²) in [5, 5.41) is 9.92. The lowest BCUT2D eigenvalue weighted by atomic mass is 10.2. The van der Waals surface area contributed by atoms with Crippen LogP contribution in [0.25, 0.3) is 0 Å². The van der Waals surface area contributed by atoms with Crippen molar-refractivity contribution in [3.8, 4) is 5.75 Å². The van der Waals surface area contributed by atoms with Crippen molar-refractivity contribution in [2.45, 2.75) is 26.5 Å². The first kappa shape index (κ1) is 15.5. The van der Waals surface area contributed by atoms with E-state index in [4.69, 9.17) is 4.74 Å². The van der Waals surface area contributed by atoms with E-state index < -0.39 is 6.10 Å². The number of imidazole rings is 1. The summed E-state index contributed by atoms with van der Waals surface area (Å²) >= 11 is 0. The van der Waals surface area contributed by atoms with Gasteiger partial charge in [-0.25, -0.2) is 4.98 Å². The number of aliphatic hydroxyl groups is 1. The maximum absolute atomic E-state index is 9.92. The highest BCUT2D eigenvalue weighted by atomic mass is 35.5. The molecule has 1 aromatic heterocycles. The van der Waals surface area contributed by atoms with Gasteiger partial charge in [0.1, 0.15) is 24.3 Å². The van der Waals surface area contributed by atoms with Gasteiger partial charge in [-0.15, -0.1) is 12.4 Å². The molecule has 2 aromatic rings. The van der Waals surface area contributed by atoms with Crippen LogP contribution in [-0.4, -0.2) is 27.4 Å². The van der Waals surface area contributed by atoms with E-state index >= 15 is 0 Å². The van der Waals surface area contributed by atoms with Gasteiger partial charge in [0.2, 0.25) is 0 Å². The second kappa shape index (κ2) is 7.16. The number of nitrogens with zero attached hydrogens (tertiary/aromatic N) is 2. The zero-order chi connectivity index (χ0) is 13.0. The number of benzene rings is 1. The summed E-state index contributed by atoms with van der Waals surface area (Å²) in [5.74, 6) is 1.71. The number of ether oxygens (including phenoxy) is 1. The molecule has 1 unspecified atom stereocenters. The number of halogens is 1. The van der Waals surface area contributed by atoms with Crippen molar-refractivity contribution < 1.29 is 9.84 Å². The van der Waals surface area contributed by atoms with E-state index in [0.717, 1.165) is 17.1 Å². The van der Waals surface area contributed by atoms with Crippen LogP contribution in [0, 0.1) is 13.8 Å². The van der Waals surface area contributed by atoms with Gasteiger partial charge in [0, 0.05) is 12.4 Å². The number of hydrogen-bond acceptors (Lipinski definition) is 3. The van der Waals surface area contributed by atoms with Gasteiger partial charge < -0.3 is 14.4 Å². The molecule has 0 fully saturated rings. The van der Waals surface area contributed by atoms with Crippen molar-refractivity contribution in [3.05, 3.63) is 48.0 Å². The quantitative estimate of drug-likeness (QED) is 0.916. The first-order chi connectivity index (χ1) is 8.66. The molecule has 0 radical (unpaired) electrons. The third-order valence-corrected chi connectivity index (χ3v) is 2.86. The van der Waals surface area contributed by atoms with Gasteiger partial charge in [-0.2, -0.15) is 0 Å². The normalized spacial score (nSPS) is 11.7. The number of hydrogen-bond donors (Lipinski definition) is 1. The topological polar surface area (TPSA) is 47.3 Å². The zero-order valence-electron chi connectivity index (χ0n) is 11.1. The first-order valence-electron chi connectivity index (χ1n) is 6.01. The minimum atomic E-state index is -0.544. The van der Waals surface area contributed by atoms with Gasteiger partial charge in [-0.05, 0) is 25.5 Å². The van der Waals surface area contributed by atoms with E-state index in [1.165, 1.54) is 0 Å². The molecule has 1 N–H and O–H groups in total. The van der Waals surface area contributed by atoms with Crippen molar-refractivity contribution in [3.63, 3.8) is 0 Å². The average molecular weight is 283 g/mol. The minimum Gasteiger partial charge on any atom is -0.491 e. The molecule has 0 spiro atoms. The van der Waals surface area contributed by atoms with Gasteiger partial charge in [0.15, 0.2) is 0 Å². The molecule has 0 aliphatic rings. The molecule has 1 atom stereocenters. The molecule has 0 saturated carbocycles. The molecule has 1 aromatic carbocycles. The maximum atomic E-state index is 9.92. The molecule has 104 valence electrons. The lowest BCUT2D eigenvalue weighted by Gasteiger charge is -2.15. The molecular formula is C14H19ClN2O2. The van der Waals surface area contributed by atoms with Crippen LogP contribution in [0.3, 0.4) is 0 Å². The summed E-state index contributed by atoms with van der Waals surface area (Å²) in [4.78, 5) is 4.11. The van der Waals surface area contributed by atoms with Crippen molar-refractivity contribution in [2.24, 2.45) is 0 Å². The van der Waals surface area contributed by atoms with E-state index in [1.807, 2.05) is 48.9 Å². The van der Waals surface area contributed by atoms with Crippen LogP contribution in [0.2, 0.25) is 0 Å². The number of rotatable bonds is 5. The predicted octanol–water partition coefficient (Wildman–Crippen LogP) is 2.36. The molecule has 0 aliphatic carbocycles. The number of aliphatic hydroxyl groups excluding tert-OH is 1. The molecule has 0 aliphatic heterocycles. The fourth-order valence-corrected chi connectivity index (χ4v) is 1.78. The second-order valence-corrected chi connectivity index (χ2v) is 4.36. The Balaban J connectivity index is 0.00000180. The van der Waals surface area contributed by atoms with Gasteiger partial charge in [0.25, 0.3) is 0 Å². The summed E-state index contributed by atoms with van der Waals surface area (Å²) in [6.45, 7) is 4.68. The fraction of sp³-hybridized carbons (Fsp3) is 0.357. The smallest absolute Gasteiger partial charge is 0.122 e. The molecular weight excluding hydrogens is 264 g/mol. The standard InChI is InChI=1S/C14H18N2O2.ClH/c1-11-5-3-4-6-14(11)18-10-13(17)9-16-8-7-15-12(16)2;/h3-8,13,17H,9-10H2,1-2H3;1H. The van der Waals surface area contributed by atoms with Crippen LogP contribution in [0.15, 0.2) is 36.7 Å². The van der Waals surface area contributed by atoms with E-state index in [2.05, 4.69) is 4.98 Å². The largest absolute Gasteiger partial charge is 0.491 e. The highest BCUT2D eigenvalue weighted by Gasteiger charge is 2.08. The Morgan fingerprint density at radius 1 is 1.32 bits per heavy atom. The fourth-order valence-electron chi connectivity index (χ4n) is 1.78.